The van der Waals surface area contributed by atoms with Crippen LogP contribution in [0.2, 0.25) is 0 Å². The molecular formula is C11H20N2O. The van der Waals surface area contributed by atoms with E-state index < -0.39 is 0 Å². The standard InChI is InChI=1S/C8H12N2O.C3H8/c1-4-7-6(2)9-5-10-8(7)11-3;1-3-2/h5H,4H2,1-3H3;3H2,1-2H3. The SMILES string of the molecule is CCC.CCc1c(C)ncnc1OC. The highest BCUT2D eigenvalue weighted by Crippen LogP contribution is 2.16. The molecule has 0 aliphatic carbocycles. The Morgan fingerprint density at radius 1 is 1.21 bits per heavy atom. The molecule has 1 aromatic rings. The molecule has 80 valence electrons. The zero-order valence-electron chi connectivity index (χ0n) is 9.79. The van der Waals surface area contributed by atoms with Gasteiger partial charge in [-0.3, -0.25) is 0 Å². The number of methoxy groups -OCH3 is 1. The molecule has 0 spiro atoms. The molecule has 0 aromatic carbocycles. The van der Waals surface area contributed by atoms with Crippen molar-refractivity contribution >= 4 is 0 Å². The van der Waals surface area contributed by atoms with Crippen LogP contribution >= 0.6 is 0 Å². The van der Waals surface area contributed by atoms with Crippen molar-refractivity contribution in [2.75, 3.05) is 7.11 Å². The molecule has 0 N–H and O–H groups in total. The fraction of sp³-hybridized carbons (Fsp3) is 0.636. The van der Waals surface area contributed by atoms with Crippen LogP contribution in [0.5, 0.6) is 5.88 Å². The van der Waals surface area contributed by atoms with E-state index in [0.717, 1.165) is 17.7 Å². The molecule has 1 rings (SSSR count). The highest BCUT2D eigenvalue weighted by atomic mass is 16.5. The van der Waals surface area contributed by atoms with E-state index in [1.165, 1.54) is 12.7 Å². The summed E-state index contributed by atoms with van der Waals surface area (Å²) in [6.07, 6.45) is 3.68. The summed E-state index contributed by atoms with van der Waals surface area (Å²) in [5.41, 5.74) is 2.09. The Bertz CT molecular complexity index is 261. The summed E-state index contributed by atoms with van der Waals surface area (Å²) in [5.74, 6) is 0.694. The van der Waals surface area contributed by atoms with Gasteiger partial charge in [0.1, 0.15) is 6.33 Å². The minimum Gasteiger partial charge on any atom is -0.481 e. The van der Waals surface area contributed by atoms with Crippen molar-refractivity contribution in [3.63, 3.8) is 0 Å². The van der Waals surface area contributed by atoms with Gasteiger partial charge in [-0.25, -0.2) is 9.97 Å². The first-order valence-electron chi connectivity index (χ1n) is 5.05. The van der Waals surface area contributed by atoms with E-state index >= 15 is 0 Å². The first kappa shape index (κ1) is 12.9. The van der Waals surface area contributed by atoms with E-state index in [1.54, 1.807) is 7.11 Å². The summed E-state index contributed by atoms with van der Waals surface area (Å²) >= 11 is 0. The molecule has 0 fully saturated rings. The monoisotopic (exact) mass is 196 g/mol. The van der Waals surface area contributed by atoms with Crippen LogP contribution in [0.3, 0.4) is 0 Å². The smallest absolute Gasteiger partial charge is 0.219 e. The molecule has 0 bridgehead atoms. The van der Waals surface area contributed by atoms with Crippen molar-refractivity contribution in [2.24, 2.45) is 0 Å². The lowest BCUT2D eigenvalue weighted by molar-refractivity contribution is 0.391. The molecule has 0 amide bonds. The molecule has 0 radical (unpaired) electrons. The Hall–Kier alpha value is -1.12. The molecule has 0 saturated carbocycles. The molecule has 14 heavy (non-hydrogen) atoms. The van der Waals surface area contributed by atoms with E-state index in [2.05, 4.69) is 30.7 Å². The fourth-order valence-corrected chi connectivity index (χ4v) is 1.06. The Labute approximate surface area is 86.5 Å². The van der Waals surface area contributed by atoms with Gasteiger partial charge in [-0.15, -0.1) is 0 Å². The number of ether oxygens (including phenoxy) is 1. The lowest BCUT2D eigenvalue weighted by Crippen LogP contribution is -1.98. The van der Waals surface area contributed by atoms with Crippen molar-refractivity contribution < 1.29 is 4.74 Å². The van der Waals surface area contributed by atoms with E-state index in [-0.39, 0.29) is 0 Å². The van der Waals surface area contributed by atoms with Crippen LogP contribution in [0.1, 0.15) is 38.4 Å². The van der Waals surface area contributed by atoms with Gasteiger partial charge in [0.15, 0.2) is 0 Å². The Kier molecular flexibility index (Phi) is 6.72. The van der Waals surface area contributed by atoms with Gasteiger partial charge < -0.3 is 4.74 Å². The average molecular weight is 196 g/mol. The molecule has 0 atom stereocenters. The summed E-state index contributed by atoms with van der Waals surface area (Å²) in [5, 5.41) is 0. The Morgan fingerprint density at radius 3 is 2.14 bits per heavy atom. The number of nitrogens with zero attached hydrogens (tertiary/aromatic N) is 2. The molecule has 3 nitrogen and oxygen atoms in total. The number of aromatic nitrogens is 2. The van der Waals surface area contributed by atoms with Crippen LogP contribution in [0.4, 0.5) is 0 Å². The predicted octanol–water partition coefficient (Wildman–Crippen LogP) is 2.77. The first-order valence-corrected chi connectivity index (χ1v) is 5.05. The molecule has 0 aliphatic rings. The maximum Gasteiger partial charge on any atom is 0.219 e. The van der Waals surface area contributed by atoms with Crippen LogP contribution in [-0.2, 0) is 6.42 Å². The average Bonchev–Trinajstić information content (AvgIpc) is 2.18. The summed E-state index contributed by atoms with van der Waals surface area (Å²) < 4.78 is 5.07. The Balaban J connectivity index is 0.000000500. The maximum absolute atomic E-state index is 5.07. The van der Waals surface area contributed by atoms with Crippen LogP contribution in [-0.4, -0.2) is 17.1 Å². The van der Waals surface area contributed by atoms with Crippen LogP contribution in [0.25, 0.3) is 0 Å². The lowest BCUT2D eigenvalue weighted by atomic mass is 10.2. The normalized spacial score (nSPS) is 8.93. The van der Waals surface area contributed by atoms with Gasteiger partial charge in [-0.2, -0.15) is 0 Å². The van der Waals surface area contributed by atoms with Crippen molar-refractivity contribution in [1.82, 2.24) is 9.97 Å². The van der Waals surface area contributed by atoms with Crippen LogP contribution in [0, 0.1) is 6.92 Å². The van der Waals surface area contributed by atoms with Gasteiger partial charge in [0.2, 0.25) is 5.88 Å². The third-order valence-corrected chi connectivity index (χ3v) is 1.67. The predicted molar refractivity (Wildman–Crippen MR) is 58.7 cm³/mol. The van der Waals surface area contributed by atoms with E-state index in [1.807, 2.05) is 6.92 Å². The van der Waals surface area contributed by atoms with Crippen LogP contribution in [0.15, 0.2) is 6.33 Å². The molecule has 0 saturated heterocycles. The minimum absolute atomic E-state index is 0.694. The van der Waals surface area contributed by atoms with Gasteiger partial charge in [-0.05, 0) is 13.3 Å². The molecule has 3 heteroatoms. The summed E-state index contributed by atoms with van der Waals surface area (Å²) in [4.78, 5) is 8.06. The first-order chi connectivity index (χ1) is 6.71. The van der Waals surface area contributed by atoms with Crippen molar-refractivity contribution in [3.8, 4) is 5.88 Å². The zero-order valence-corrected chi connectivity index (χ0v) is 9.79. The lowest BCUT2D eigenvalue weighted by Gasteiger charge is -2.05. The van der Waals surface area contributed by atoms with Crippen molar-refractivity contribution in [2.45, 2.75) is 40.5 Å². The maximum atomic E-state index is 5.07. The molecule has 0 aliphatic heterocycles. The van der Waals surface area contributed by atoms with Crippen molar-refractivity contribution in [3.05, 3.63) is 17.6 Å². The second-order valence-electron chi connectivity index (χ2n) is 3.01. The van der Waals surface area contributed by atoms with E-state index in [9.17, 15) is 0 Å². The highest BCUT2D eigenvalue weighted by Gasteiger charge is 2.04. The third-order valence-electron chi connectivity index (χ3n) is 1.67. The second-order valence-corrected chi connectivity index (χ2v) is 3.01. The van der Waals surface area contributed by atoms with E-state index in [4.69, 9.17) is 4.74 Å². The molecule has 1 aromatic heterocycles. The van der Waals surface area contributed by atoms with Crippen LogP contribution < -0.4 is 4.74 Å². The van der Waals surface area contributed by atoms with E-state index in [0.29, 0.717) is 5.88 Å². The zero-order chi connectivity index (χ0) is 11.0. The quantitative estimate of drug-likeness (QED) is 0.729. The molecule has 1 heterocycles. The van der Waals surface area contributed by atoms with Gasteiger partial charge in [0.25, 0.3) is 0 Å². The molecular weight excluding hydrogens is 176 g/mol. The topological polar surface area (TPSA) is 35.0 Å². The highest BCUT2D eigenvalue weighted by molar-refractivity contribution is 5.28. The largest absolute Gasteiger partial charge is 0.481 e. The summed E-state index contributed by atoms with van der Waals surface area (Å²) in [6, 6.07) is 0. The summed E-state index contributed by atoms with van der Waals surface area (Å²) in [7, 11) is 1.63. The second kappa shape index (κ2) is 7.30. The van der Waals surface area contributed by atoms with Crippen molar-refractivity contribution in [1.29, 1.82) is 0 Å². The third kappa shape index (κ3) is 3.73. The van der Waals surface area contributed by atoms with Gasteiger partial charge in [0, 0.05) is 11.3 Å². The van der Waals surface area contributed by atoms with Gasteiger partial charge in [-0.1, -0.05) is 27.2 Å². The summed E-state index contributed by atoms with van der Waals surface area (Å²) in [6.45, 7) is 8.28. The van der Waals surface area contributed by atoms with Gasteiger partial charge in [0.05, 0.1) is 7.11 Å². The molecule has 0 unspecified atom stereocenters. The number of hydrogen-bond donors (Lipinski definition) is 0. The number of aryl methyl sites for hydroxylation is 1. The number of rotatable bonds is 2. The minimum atomic E-state index is 0.694. The fourth-order valence-electron chi connectivity index (χ4n) is 1.06. The number of hydrogen-bond acceptors (Lipinski definition) is 3. The Morgan fingerprint density at radius 2 is 1.79 bits per heavy atom. The van der Waals surface area contributed by atoms with Gasteiger partial charge >= 0.3 is 0 Å².